The Morgan fingerprint density at radius 2 is 1.72 bits per heavy atom. The number of hydrogen-bond acceptors (Lipinski definition) is 5. The molecule has 5 aromatic rings. The molecule has 5 rings (SSSR count). The monoisotopic (exact) mass is 488 g/mol. The molecule has 3 heterocycles. The van der Waals surface area contributed by atoms with Crippen LogP contribution in [0.4, 0.5) is 24.7 Å². The minimum Gasteiger partial charge on any atom is -0.365 e. The summed E-state index contributed by atoms with van der Waals surface area (Å²) in [7, 11) is 0. The van der Waals surface area contributed by atoms with Crippen molar-refractivity contribution in [2.75, 3.05) is 10.6 Å². The number of fused-ring (bicyclic) bond motifs is 1. The van der Waals surface area contributed by atoms with Gasteiger partial charge in [-0.05, 0) is 72.3 Å². The van der Waals surface area contributed by atoms with Crippen LogP contribution in [0.2, 0.25) is 0 Å². The lowest BCUT2D eigenvalue weighted by Crippen LogP contribution is -2.12. The summed E-state index contributed by atoms with van der Waals surface area (Å²) in [4.78, 5) is 28.9. The minimum atomic E-state index is -4.46. The Hall–Kier alpha value is -4.73. The van der Waals surface area contributed by atoms with Gasteiger partial charge < -0.3 is 15.6 Å². The third-order valence-electron chi connectivity index (χ3n) is 5.49. The highest BCUT2D eigenvalue weighted by Gasteiger charge is 2.30. The fourth-order valence-electron chi connectivity index (χ4n) is 3.65. The maximum atomic E-state index is 12.8. The number of hydrogen-bond donors (Lipinski definition) is 3. The van der Waals surface area contributed by atoms with E-state index in [9.17, 15) is 18.0 Å². The van der Waals surface area contributed by atoms with Crippen LogP contribution in [0, 0.1) is 0 Å². The number of amides is 1. The van der Waals surface area contributed by atoms with Crippen LogP contribution in [0.5, 0.6) is 0 Å². The van der Waals surface area contributed by atoms with E-state index >= 15 is 0 Å². The summed E-state index contributed by atoms with van der Waals surface area (Å²) >= 11 is 0. The van der Waals surface area contributed by atoms with Gasteiger partial charge in [0.25, 0.3) is 5.91 Å². The molecule has 0 radical (unpaired) electrons. The molecule has 0 saturated carbocycles. The van der Waals surface area contributed by atoms with Gasteiger partial charge in [-0.2, -0.15) is 13.2 Å². The molecule has 0 saturated heterocycles. The number of anilines is 2. The van der Waals surface area contributed by atoms with E-state index in [0.717, 1.165) is 35.4 Å². The maximum Gasteiger partial charge on any atom is 0.416 e. The first-order valence-corrected chi connectivity index (χ1v) is 10.9. The second kappa shape index (κ2) is 9.49. The summed E-state index contributed by atoms with van der Waals surface area (Å²) < 4.78 is 38.3. The Kier molecular flexibility index (Phi) is 6.07. The number of pyridine rings is 2. The molecule has 180 valence electrons. The molecule has 0 fully saturated rings. The van der Waals surface area contributed by atoms with Crippen molar-refractivity contribution in [1.82, 2.24) is 19.9 Å². The van der Waals surface area contributed by atoms with Gasteiger partial charge in [-0.15, -0.1) is 0 Å². The fraction of sp³-hybridized carbons (Fsp3) is 0.0769. The average Bonchev–Trinajstić information content (AvgIpc) is 3.31. The molecule has 3 N–H and O–H groups in total. The summed E-state index contributed by atoms with van der Waals surface area (Å²) in [5.41, 5.74) is 2.98. The van der Waals surface area contributed by atoms with E-state index in [1.54, 1.807) is 36.8 Å². The highest BCUT2D eigenvalue weighted by molar-refractivity contribution is 6.05. The van der Waals surface area contributed by atoms with E-state index in [2.05, 4.69) is 30.6 Å². The van der Waals surface area contributed by atoms with Gasteiger partial charge in [0.1, 0.15) is 11.6 Å². The molecule has 0 aliphatic rings. The Balaban J connectivity index is 1.34. The topological polar surface area (TPSA) is 95.6 Å². The number of alkyl halides is 3. The van der Waals surface area contributed by atoms with Crippen LogP contribution in [-0.4, -0.2) is 25.8 Å². The van der Waals surface area contributed by atoms with Crippen molar-refractivity contribution in [2.24, 2.45) is 0 Å². The number of rotatable bonds is 6. The van der Waals surface area contributed by atoms with Crippen LogP contribution in [0.3, 0.4) is 0 Å². The molecule has 0 aliphatic carbocycles. The summed E-state index contributed by atoms with van der Waals surface area (Å²) in [6.45, 7) is 0.562. The Bertz CT molecular complexity index is 1510. The van der Waals surface area contributed by atoms with Gasteiger partial charge in [-0.1, -0.05) is 0 Å². The molecular formula is C26H19F3N6O. The Morgan fingerprint density at radius 1 is 0.944 bits per heavy atom. The maximum absolute atomic E-state index is 12.8. The van der Waals surface area contributed by atoms with Crippen LogP contribution in [0.25, 0.3) is 22.4 Å². The number of carbonyl (C=O) groups excluding carboxylic acids is 1. The SMILES string of the molecule is O=C(Nc1ccc2nc(-c3cccnc3NCc3ccncc3)[nH]c2c1)c1ccc(C(F)(F)F)cc1. The number of aromatic amines is 1. The third-order valence-corrected chi connectivity index (χ3v) is 5.49. The molecule has 0 spiro atoms. The van der Waals surface area contributed by atoms with Crippen LogP contribution in [-0.2, 0) is 12.7 Å². The molecule has 36 heavy (non-hydrogen) atoms. The molecular weight excluding hydrogens is 469 g/mol. The number of benzene rings is 2. The first-order chi connectivity index (χ1) is 17.4. The van der Waals surface area contributed by atoms with Gasteiger partial charge in [0.15, 0.2) is 0 Å². The van der Waals surface area contributed by atoms with Crippen molar-refractivity contribution >= 4 is 28.4 Å². The van der Waals surface area contributed by atoms with Gasteiger partial charge in [-0.3, -0.25) is 9.78 Å². The molecule has 0 aliphatic heterocycles. The van der Waals surface area contributed by atoms with Gasteiger partial charge in [-0.25, -0.2) is 9.97 Å². The van der Waals surface area contributed by atoms with Crippen molar-refractivity contribution in [2.45, 2.75) is 12.7 Å². The predicted molar refractivity (Wildman–Crippen MR) is 130 cm³/mol. The lowest BCUT2D eigenvalue weighted by molar-refractivity contribution is -0.137. The zero-order chi connectivity index (χ0) is 25.1. The highest BCUT2D eigenvalue weighted by atomic mass is 19.4. The Labute approximate surface area is 203 Å². The standard InChI is InChI=1S/C26H19F3N6O/c27-26(28,29)18-5-3-17(4-6-18)25(36)33-19-7-8-21-22(14-19)35-24(34-21)20-2-1-11-31-23(20)32-15-16-9-12-30-13-10-16/h1-14H,15H2,(H,31,32)(H,33,36)(H,34,35). The predicted octanol–water partition coefficient (Wildman–Crippen LogP) is 5.90. The Morgan fingerprint density at radius 3 is 2.47 bits per heavy atom. The number of carbonyl (C=O) groups is 1. The van der Waals surface area contributed by atoms with E-state index in [-0.39, 0.29) is 5.56 Å². The van der Waals surface area contributed by atoms with Gasteiger partial charge in [0.2, 0.25) is 0 Å². The zero-order valence-electron chi connectivity index (χ0n) is 18.7. The second-order valence-corrected chi connectivity index (χ2v) is 7.96. The molecule has 7 nitrogen and oxygen atoms in total. The third kappa shape index (κ3) is 5.02. The number of halogens is 3. The lowest BCUT2D eigenvalue weighted by atomic mass is 10.1. The normalized spacial score (nSPS) is 11.4. The number of nitrogens with one attached hydrogen (secondary N) is 3. The van der Waals surface area contributed by atoms with E-state index in [4.69, 9.17) is 0 Å². The molecule has 0 bridgehead atoms. The molecule has 2 aromatic carbocycles. The number of aromatic nitrogens is 4. The summed E-state index contributed by atoms with van der Waals surface area (Å²) in [5, 5.41) is 6.02. The molecule has 0 atom stereocenters. The van der Waals surface area contributed by atoms with Crippen LogP contribution < -0.4 is 10.6 Å². The second-order valence-electron chi connectivity index (χ2n) is 7.96. The van der Waals surface area contributed by atoms with Crippen LogP contribution in [0.1, 0.15) is 21.5 Å². The lowest BCUT2D eigenvalue weighted by Gasteiger charge is -2.09. The quantitative estimate of drug-likeness (QED) is 0.277. The summed E-state index contributed by atoms with van der Waals surface area (Å²) in [5.74, 6) is 0.739. The zero-order valence-corrected chi connectivity index (χ0v) is 18.7. The molecule has 3 aromatic heterocycles. The molecule has 10 heteroatoms. The van der Waals surface area contributed by atoms with Crippen molar-refractivity contribution in [1.29, 1.82) is 0 Å². The smallest absolute Gasteiger partial charge is 0.365 e. The summed E-state index contributed by atoms with van der Waals surface area (Å²) in [6.07, 6.45) is 0.685. The first kappa shape index (κ1) is 23.0. The van der Waals surface area contributed by atoms with Gasteiger partial charge >= 0.3 is 6.18 Å². The minimum absolute atomic E-state index is 0.119. The first-order valence-electron chi connectivity index (χ1n) is 10.9. The van der Waals surface area contributed by atoms with Crippen LogP contribution >= 0.6 is 0 Å². The van der Waals surface area contributed by atoms with E-state index in [1.807, 2.05) is 24.3 Å². The van der Waals surface area contributed by atoms with Crippen molar-refractivity contribution in [3.8, 4) is 11.4 Å². The highest BCUT2D eigenvalue weighted by Crippen LogP contribution is 2.30. The number of H-pyrrole nitrogens is 1. The van der Waals surface area contributed by atoms with Gasteiger partial charge in [0, 0.05) is 36.4 Å². The van der Waals surface area contributed by atoms with Crippen LogP contribution in [0.15, 0.2) is 85.3 Å². The van der Waals surface area contributed by atoms with Crippen molar-refractivity contribution in [3.05, 3.63) is 102 Å². The largest absolute Gasteiger partial charge is 0.416 e. The van der Waals surface area contributed by atoms with Crippen molar-refractivity contribution in [3.63, 3.8) is 0 Å². The molecule has 0 unspecified atom stereocenters. The molecule has 1 amide bonds. The number of imidazole rings is 1. The van der Waals surface area contributed by atoms with E-state index in [0.29, 0.717) is 34.9 Å². The van der Waals surface area contributed by atoms with E-state index in [1.165, 1.54) is 0 Å². The van der Waals surface area contributed by atoms with E-state index < -0.39 is 17.6 Å². The average molecular weight is 488 g/mol. The fourth-order valence-corrected chi connectivity index (χ4v) is 3.65. The van der Waals surface area contributed by atoms with Gasteiger partial charge in [0.05, 0.1) is 22.2 Å². The number of nitrogens with zero attached hydrogens (tertiary/aromatic N) is 3. The van der Waals surface area contributed by atoms with Crippen molar-refractivity contribution < 1.29 is 18.0 Å². The summed E-state index contributed by atoms with van der Waals surface area (Å²) in [6, 6.07) is 16.7.